The van der Waals surface area contributed by atoms with Crippen molar-refractivity contribution in [2.45, 2.75) is 25.8 Å². The molecule has 0 radical (unpaired) electrons. The number of thiophene rings is 1. The Balaban J connectivity index is 1.51. The average molecular weight is 416 g/mol. The molecule has 3 heterocycles. The Labute approximate surface area is 180 Å². The minimum absolute atomic E-state index is 0.0698. The molecule has 152 valence electrons. The number of benzene rings is 2. The molecule has 1 fully saturated rings. The van der Waals surface area contributed by atoms with Crippen molar-refractivity contribution >= 4 is 21.6 Å². The van der Waals surface area contributed by atoms with Gasteiger partial charge >= 0.3 is 0 Å². The number of likely N-dealkylation sites (tertiary alicyclic amines) is 1. The molecule has 0 aliphatic carbocycles. The third-order valence-corrected chi connectivity index (χ3v) is 6.73. The molecule has 0 saturated carbocycles. The molecule has 1 saturated heterocycles. The minimum atomic E-state index is 0.0698. The van der Waals surface area contributed by atoms with Gasteiger partial charge in [0.1, 0.15) is 10.7 Å². The fourth-order valence-corrected chi connectivity index (χ4v) is 5.00. The third kappa shape index (κ3) is 3.83. The Kier molecular flexibility index (Phi) is 5.47. The molecule has 0 amide bonds. The minimum Gasteiger partial charge on any atom is -0.302 e. The van der Waals surface area contributed by atoms with E-state index in [0.29, 0.717) is 6.54 Å². The second kappa shape index (κ2) is 8.54. The van der Waals surface area contributed by atoms with Crippen molar-refractivity contribution in [3.63, 3.8) is 0 Å². The zero-order valence-electron chi connectivity index (χ0n) is 17.0. The molecule has 2 aromatic carbocycles. The van der Waals surface area contributed by atoms with Crippen LogP contribution in [0, 0.1) is 0 Å². The Bertz CT molecular complexity index is 1190. The summed E-state index contributed by atoms with van der Waals surface area (Å²) in [6.07, 6.45) is 3.83. The molecule has 0 unspecified atom stereocenters. The van der Waals surface area contributed by atoms with Crippen LogP contribution < -0.4 is 5.56 Å². The number of hydrogen-bond donors (Lipinski definition) is 0. The van der Waals surface area contributed by atoms with Gasteiger partial charge in [-0.05, 0) is 48.5 Å². The zero-order valence-corrected chi connectivity index (χ0v) is 17.8. The average Bonchev–Trinajstić information content (AvgIpc) is 3.29. The van der Waals surface area contributed by atoms with Crippen molar-refractivity contribution < 1.29 is 0 Å². The van der Waals surface area contributed by atoms with Crippen LogP contribution in [0.5, 0.6) is 0 Å². The van der Waals surface area contributed by atoms with Crippen LogP contribution in [0.2, 0.25) is 0 Å². The first-order valence-electron chi connectivity index (χ1n) is 10.7. The van der Waals surface area contributed by atoms with Crippen molar-refractivity contribution in [2.24, 2.45) is 0 Å². The van der Waals surface area contributed by atoms with Gasteiger partial charge in [0, 0.05) is 18.7 Å². The van der Waals surface area contributed by atoms with E-state index in [0.717, 1.165) is 41.2 Å². The first-order valence-corrected chi connectivity index (χ1v) is 11.5. The van der Waals surface area contributed by atoms with Crippen LogP contribution >= 0.6 is 11.3 Å². The predicted octanol–water partition coefficient (Wildman–Crippen LogP) is 5.28. The highest BCUT2D eigenvalue weighted by Gasteiger charge is 2.16. The highest BCUT2D eigenvalue weighted by Crippen LogP contribution is 2.25. The first-order chi connectivity index (χ1) is 14.8. The first kappa shape index (κ1) is 19.2. The van der Waals surface area contributed by atoms with Gasteiger partial charge in [0.2, 0.25) is 0 Å². The molecule has 1 aliphatic heterocycles. The van der Waals surface area contributed by atoms with Crippen molar-refractivity contribution in [3.8, 4) is 22.5 Å². The summed E-state index contributed by atoms with van der Waals surface area (Å²) in [6.45, 7) is 3.83. The van der Waals surface area contributed by atoms with E-state index in [1.165, 1.54) is 41.7 Å². The Morgan fingerprint density at radius 3 is 2.27 bits per heavy atom. The maximum Gasteiger partial charge on any atom is 0.262 e. The van der Waals surface area contributed by atoms with Gasteiger partial charge in [-0.15, -0.1) is 11.3 Å². The van der Waals surface area contributed by atoms with Gasteiger partial charge in [0.05, 0.1) is 5.39 Å². The smallest absolute Gasteiger partial charge is 0.262 e. The molecule has 5 rings (SSSR count). The molecule has 0 bridgehead atoms. The van der Waals surface area contributed by atoms with Crippen LogP contribution in [0.3, 0.4) is 0 Å². The van der Waals surface area contributed by atoms with Crippen LogP contribution in [-0.2, 0) is 6.54 Å². The Hall–Kier alpha value is -2.76. The van der Waals surface area contributed by atoms with E-state index >= 15 is 0 Å². The van der Waals surface area contributed by atoms with E-state index in [9.17, 15) is 4.79 Å². The molecular weight excluding hydrogens is 390 g/mol. The summed E-state index contributed by atoms with van der Waals surface area (Å²) in [6, 6.07) is 20.6. The lowest BCUT2D eigenvalue weighted by atomic mass is 10.0. The standard InChI is InChI=1S/C25H25N3OS/c29-25-22-13-18-30-24(22)26-23(28(25)17-16-27-14-5-2-6-15-27)21-11-9-20(10-12-21)19-7-3-1-4-8-19/h1,3-4,7-13,18H,2,5-6,14-17H2. The molecule has 30 heavy (non-hydrogen) atoms. The van der Waals surface area contributed by atoms with Gasteiger partial charge in [-0.25, -0.2) is 4.98 Å². The number of rotatable bonds is 5. The number of hydrogen-bond acceptors (Lipinski definition) is 4. The van der Waals surface area contributed by atoms with Gasteiger partial charge in [0.25, 0.3) is 5.56 Å². The van der Waals surface area contributed by atoms with E-state index < -0.39 is 0 Å². The lowest BCUT2D eigenvalue weighted by Crippen LogP contribution is -2.35. The van der Waals surface area contributed by atoms with Gasteiger partial charge in [-0.3, -0.25) is 9.36 Å². The molecule has 2 aromatic heterocycles. The lowest BCUT2D eigenvalue weighted by Gasteiger charge is -2.27. The van der Waals surface area contributed by atoms with Gasteiger partial charge in [-0.2, -0.15) is 0 Å². The second-order valence-corrected chi connectivity index (χ2v) is 8.77. The van der Waals surface area contributed by atoms with Crippen LogP contribution in [0.1, 0.15) is 19.3 Å². The highest BCUT2D eigenvalue weighted by atomic mass is 32.1. The summed E-state index contributed by atoms with van der Waals surface area (Å²) < 4.78 is 1.88. The third-order valence-electron chi connectivity index (χ3n) is 5.92. The van der Waals surface area contributed by atoms with Crippen LogP contribution in [-0.4, -0.2) is 34.1 Å². The Morgan fingerprint density at radius 2 is 1.50 bits per heavy atom. The normalized spacial score (nSPS) is 14.9. The van der Waals surface area contributed by atoms with Gasteiger partial charge in [-0.1, -0.05) is 61.0 Å². The number of piperidine rings is 1. The predicted molar refractivity (Wildman–Crippen MR) is 125 cm³/mol. The lowest BCUT2D eigenvalue weighted by molar-refractivity contribution is 0.220. The van der Waals surface area contributed by atoms with Crippen molar-refractivity contribution in [3.05, 3.63) is 76.4 Å². The zero-order chi connectivity index (χ0) is 20.3. The highest BCUT2D eigenvalue weighted by molar-refractivity contribution is 7.16. The van der Waals surface area contributed by atoms with Crippen molar-refractivity contribution in [2.75, 3.05) is 19.6 Å². The molecular formula is C25H25N3OS. The fourth-order valence-electron chi connectivity index (χ4n) is 4.24. The second-order valence-electron chi connectivity index (χ2n) is 7.88. The van der Waals surface area contributed by atoms with Crippen molar-refractivity contribution in [1.29, 1.82) is 0 Å². The van der Waals surface area contributed by atoms with E-state index in [2.05, 4.69) is 41.3 Å². The van der Waals surface area contributed by atoms with Crippen LogP contribution in [0.25, 0.3) is 32.7 Å². The van der Waals surface area contributed by atoms with E-state index in [1.807, 2.05) is 34.2 Å². The summed E-state index contributed by atoms with van der Waals surface area (Å²) in [7, 11) is 0. The summed E-state index contributed by atoms with van der Waals surface area (Å²) >= 11 is 1.53. The molecule has 0 N–H and O–H groups in total. The topological polar surface area (TPSA) is 38.1 Å². The summed E-state index contributed by atoms with van der Waals surface area (Å²) in [5.74, 6) is 0.770. The quantitative estimate of drug-likeness (QED) is 0.445. The number of aromatic nitrogens is 2. The van der Waals surface area contributed by atoms with E-state index in [1.54, 1.807) is 0 Å². The van der Waals surface area contributed by atoms with Crippen molar-refractivity contribution in [1.82, 2.24) is 14.5 Å². The monoisotopic (exact) mass is 415 g/mol. The van der Waals surface area contributed by atoms with Gasteiger partial charge in [0.15, 0.2) is 0 Å². The van der Waals surface area contributed by atoms with E-state index in [4.69, 9.17) is 4.98 Å². The molecule has 5 heteroatoms. The number of fused-ring (bicyclic) bond motifs is 1. The summed E-state index contributed by atoms with van der Waals surface area (Å²) in [5, 5.41) is 2.68. The molecule has 1 aliphatic rings. The SMILES string of the molecule is O=c1c2ccsc2nc(-c2ccc(-c3ccccc3)cc2)n1CCN1CCCCC1. The molecule has 4 nitrogen and oxygen atoms in total. The van der Waals surface area contributed by atoms with Gasteiger partial charge < -0.3 is 4.90 Å². The largest absolute Gasteiger partial charge is 0.302 e. The van der Waals surface area contributed by atoms with E-state index in [-0.39, 0.29) is 5.56 Å². The van der Waals surface area contributed by atoms with Crippen LogP contribution in [0.4, 0.5) is 0 Å². The Morgan fingerprint density at radius 1 is 0.800 bits per heavy atom. The fraction of sp³-hybridized carbons (Fsp3) is 0.280. The molecule has 0 spiro atoms. The summed E-state index contributed by atoms with van der Waals surface area (Å²) in [5.41, 5.74) is 3.41. The van der Waals surface area contributed by atoms with Crippen LogP contribution in [0.15, 0.2) is 70.8 Å². The summed E-state index contributed by atoms with van der Waals surface area (Å²) in [4.78, 5) is 21.4. The maximum absolute atomic E-state index is 13.3. The molecule has 4 aromatic rings. The number of nitrogens with zero attached hydrogens (tertiary/aromatic N) is 3. The molecule has 0 atom stereocenters. The maximum atomic E-state index is 13.3.